The largest absolute Gasteiger partial charge is 0.366 e. The van der Waals surface area contributed by atoms with Gasteiger partial charge in [0.15, 0.2) is 0 Å². The summed E-state index contributed by atoms with van der Waals surface area (Å²) in [4.78, 5) is 2.50. The van der Waals surface area contributed by atoms with Crippen LogP contribution in [0.25, 0.3) is 0 Å². The van der Waals surface area contributed by atoms with Crippen molar-refractivity contribution in [2.75, 3.05) is 11.4 Å². The molecule has 0 aromatic heterocycles. The molecule has 3 rings (SSSR count). The quantitative estimate of drug-likeness (QED) is 0.752. The number of hydrogen-bond donors (Lipinski definition) is 0. The van der Waals surface area contributed by atoms with Gasteiger partial charge in [-0.25, -0.2) is 0 Å². The minimum absolute atomic E-state index is 1.03. The lowest BCUT2D eigenvalue weighted by Gasteiger charge is -2.21. The van der Waals surface area contributed by atoms with Crippen molar-refractivity contribution in [3.05, 3.63) is 65.2 Å². The van der Waals surface area contributed by atoms with Crippen LogP contribution in [0.2, 0.25) is 0 Å². The van der Waals surface area contributed by atoms with E-state index in [4.69, 9.17) is 0 Å². The fourth-order valence-corrected chi connectivity index (χ4v) is 2.70. The van der Waals surface area contributed by atoms with Gasteiger partial charge in [-0.15, -0.1) is 0 Å². The van der Waals surface area contributed by atoms with Crippen LogP contribution in [0.3, 0.4) is 0 Å². The number of nitrogens with zero attached hydrogens (tertiary/aromatic N) is 1. The molecule has 0 saturated heterocycles. The zero-order valence-corrected chi connectivity index (χ0v) is 10.2. The lowest BCUT2D eigenvalue weighted by atomic mass is 10.1. The number of anilines is 1. The molecular formula is C16H17N. The van der Waals surface area contributed by atoms with Crippen LogP contribution in [-0.4, -0.2) is 6.54 Å². The summed E-state index contributed by atoms with van der Waals surface area (Å²) in [5.41, 5.74) is 5.75. The summed E-state index contributed by atoms with van der Waals surface area (Å²) < 4.78 is 0. The second-order valence-corrected chi connectivity index (χ2v) is 4.74. The van der Waals surface area contributed by atoms with E-state index in [1.807, 2.05) is 0 Å². The van der Waals surface area contributed by atoms with E-state index in [1.54, 1.807) is 0 Å². The molecule has 1 aliphatic heterocycles. The molecule has 1 heteroatoms. The first-order valence-corrected chi connectivity index (χ1v) is 6.22. The lowest BCUT2D eigenvalue weighted by molar-refractivity contribution is 0.834. The first-order chi connectivity index (χ1) is 8.34. The second-order valence-electron chi connectivity index (χ2n) is 4.74. The Morgan fingerprint density at radius 1 is 1.00 bits per heavy atom. The van der Waals surface area contributed by atoms with Crippen molar-refractivity contribution in [1.82, 2.24) is 0 Å². The van der Waals surface area contributed by atoms with E-state index in [2.05, 4.69) is 60.4 Å². The molecule has 0 atom stereocenters. The first-order valence-electron chi connectivity index (χ1n) is 6.22. The van der Waals surface area contributed by atoms with Crippen molar-refractivity contribution in [1.29, 1.82) is 0 Å². The molecule has 1 nitrogen and oxygen atoms in total. The molecule has 1 heterocycles. The molecule has 2 aromatic rings. The summed E-state index contributed by atoms with van der Waals surface area (Å²) in [6, 6.07) is 17.4. The summed E-state index contributed by atoms with van der Waals surface area (Å²) in [5.74, 6) is 0. The number of benzene rings is 2. The van der Waals surface area contributed by atoms with Crippen LogP contribution in [0.4, 0.5) is 5.69 Å². The highest BCUT2D eigenvalue weighted by Crippen LogP contribution is 2.32. The van der Waals surface area contributed by atoms with E-state index in [-0.39, 0.29) is 0 Å². The Morgan fingerprint density at radius 2 is 1.82 bits per heavy atom. The van der Waals surface area contributed by atoms with Crippen LogP contribution >= 0.6 is 0 Å². The fourth-order valence-electron chi connectivity index (χ4n) is 2.70. The highest BCUT2D eigenvalue weighted by Gasteiger charge is 2.20. The van der Waals surface area contributed by atoms with Crippen molar-refractivity contribution < 1.29 is 0 Å². The summed E-state index contributed by atoms with van der Waals surface area (Å²) >= 11 is 0. The monoisotopic (exact) mass is 223 g/mol. The molecule has 0 amide bonds. The van der Waals surface area contributed by atoms with Gasteiger partial charge in [0.2, 0.25) is 0 Å². The third-order valence-electron chi connectivity index (χ3n) is 3.50. The first kappa shape index (κ1) is 10.4. The summed E-state index contributed by atoms with van der Waals surface area (Å²) in [7, 11) is 0. The van der Waals surface area contributed by atoms with Gasteiger partial charge in [-0.3, -0.25) is 0 Å². The van der Waals surface area contributed by atoms with Crippen LogP contribution in [0.15, 0.2) is 48.5 Å². The Kier molecular flexibility index (Phi) is 2.60. The number of hydrogen-bond acceptors (Lipinski definition) is 1. The van der Waals surface area contributed by atoms with Gasteiger partial charge in [-0.1, -0.05) is 48.5 Å². The van der Waals surface area contributed by atoms with Crippen LogP contribution in [0.5, 0.6) is 0 Å². The zero-order chi connectivity index (χ0) is 11.7. The van der Waals surface area contributed by atoms with E-state index < -0.39 is 0 Å². The highest BCUT2D eigenvalue weighted by molar-refractivity contribution is 5.63. The molecule has 0 unspecified atom stereocenters. The lowest BCUT2D eigenvalue weighted by Crippen LogP contribution is -2.20. The Labute approximate surface area is 103 Å². The number of fused-ring (bicyclic) bond motifs is 1. The Bertz CT molecular complexity index is 516. The van der Waals surface area contributed by atoms with Gasteiger partial charge in [0.25, 0.3) is 0 Å². The Balaban J connectivity index is 1.89. The average Bonchev–Trinajstić information content (AvgIpc) is 2.75. The average molecular weight is 223 g/mol. The Morgan fingerprint density at radius 3 is 2.65 bits per heavy atom. The maximum Gasteiger partial charge on any atom is 0.0432 e. The normalized spacial score (nSPS) is 13.8. The molecule has 17 heavy (non-hydrogen) atoms. The van der Waals surface area contributed by atoms with Crippen LogP contribution in [0.1, 0.15) is 16.7 Å². The number of aryl methyl sites for hydroxylation is 1. The van der Waals surface area contributed by atoms with E-state index in [9.17, 15) is 0 Å². The predicted octanol–water partition coefficient (Wildman–Crippen LogP) is 3.56. The number of rotatable bonds is 2. The molecule has 86 valence electrons. The molecule has 0 N–H and O–H groups in total. The van der Waals surface area contributed by atoms with Crippen LogP contribution in [-0.2, 0) is 13.0 Å². The molecule has 0 saturated carbocycles. The SMILES string of the molecule is Cc1cccc2c1N(Cc1ccccc1)CC2. The van der Waals surface area contributed by atoms with Gasteiger partial charge in [-0.2, -0.15) is 0 Å². The molecule has 1 aliphatic rings. The van der Waals surface area contributed by atoms with E-state index in [0.717, 1.165) is 13.1 Å². The standard InChI is InChI=1S/C16H17N/c1-13-6-5-9-15-10-11-17(16(13)15)12-14-7-3-2-4-8-14/h2-9H,10-12H2,1H3. The van der Waals surface area contributed by atoms with E-state index >= 15 is 0 Å². The van der Waals surface area contributed by atoms with Gasteiger partial charge >= 0.3 is 0 Å². The van der Waals surface area contributed by atoms with Crippen LogP contribution in [0, 0.1) is 6.92 Å². The predicted molar refractivity (Wildman–Crippen MR) is 72.4 cm³/mol. The van der Waals surface area contributed by atoms with Crippen molar-refractivity contribution in [3.8, 4) is 0 Å². The van der Waals surface area contributed by atoms with Gasteiger partial charge in [0.05, 0.1) is 0 Å². The molecule has 0 spiro atoms. The third kappa shape index (κ3) is 1.93. The van der Waals surface area contributed by atoms with Gasteiger partial charge < -0.3 is 4.90 Å². The molecule has 0 aliphatic carbocycles. The van der Waals surface area contributed by atoms with Gasteiger partial charge in [-0.05, 0) is 30.0 Å². The topological polar surface area (TPSA) is 3.24 Å². The second kappa shape index (κ2) is 4.25. The summed E-state index contributed by atoms with van der Waals surface area (Å²) in [6.07, 6.45) is 1.18. The maximum atomic E-state index is 2.50. The van der Waals surface area contributed by atoms with Crippen molar-refractivity contribution in [2.24, 2.45) is 0 Å². The zero-order valence-electron chi connectivity index (χ0n) is 10.2. The Hall–Kier alpha value is -1.76. The molecule has 2 aromatic carbocycles. The van der Waals surface area contributed by atoms with Crippen molar-refractivity contribution in [2.45, 2.75) is 19.9 Å². The molecular weight excluding hydrogens is 206 g/mol. The third-order valence-corrected chi connectivity index (χ3v) is 3.50. The fraction of sp³-hybridized carbons (Fsp3) is 0.250. The van der Waals surface area contributed by atoms with Gasteiger partial charge in [0, 0.05) is 18.8 Å². The summed E-state index contributed by atoms with van der Waals surface area (Å²) in [6.45, 7) is 4.38. The molecule has 0 fully saturated rings. The minimum atomic E-state index is 1.03. The van der Waals surface area contributed by atoms with E-state index in [0.29, 0.717) is 0 Å². The summed E-state index contributed by atoms with van der Waals surface area (Å²) in [5, 5.41) is 0. The maximum absolute atomic E-state index is 2.50. The van der Waals surface area contributed by atoms with Crippen molar-refractivity contribution in [3.63, 3.8) is 0 Å². The van der Waals surface area contributed by atoms with Crippen LogP contribution < -0.4 is 4.90 Å². The minimum Gasteiger partial charge on any atom is -0.366 e. The molecule has 0 radical (unpaired) electrons. The highest BCUT2D eigenvalue weighted by atomic mass is 15.1. The van der Waals surface area contributed by atoms with Crippen molar-refractivity contribution >= 4 is 5.69 Å². The van der Waals surface area contributed by atoms with Gasteiger partial charge in [0.1, 0.15) is 0 Å². The number of para-hydroxylation sites is 1. The van der Waals surface area contributed by atoms with E-state index in [1.165, 1.54) is 28.8 Å². The smallest absolute Gasteiger partial charge is 0.0432 e. The molecule has 0 bridgehead atoms.